The summed E-state index contributed by atoms with van der Waals surface area (Å²) in [6.07, 6.45) is 2.36. The molecule has 0 bridgehead atoms. The lowest BCUT2D eigenvalue weighted by Gasteiger charge is -2.31. The molecular formula is C12H27NO. The third-order valence-electron chi connectivity index (χ3n) is 2.71. The average Bonchev–Trinajstić information content (AvgIpc) is 2.09. The molecule has 1 atom stereocenters. The van der Waals surface area contributed by atoms with E-state index in [-0.39, 0.29) is 0 Å². The van der Waals surface area contributed by atoms with Gasteiger partial charge in [-0.1, -0.05) is 27.7 Å². The van der Waals surface area contributed by atoms with E-state index in [4.69, 9.17) is 4.74 Å². The van der Waals surface area contributed by atoms with Crippen LogP contribution in [0.25, 0.3) is 0 Å². The van der Waals surface area contributed by atoms with Crippen LogP contribution in [-0.2, 0) is 4.74 Å². The summed E-state index contributed by atoms with van der Waals surface area (Å²) in [4.78, 5) is 0. The summed E-state index contributed by atoms with van der Waals surface area (Å²) in [7, 11) is 1.78. The van der Waals surface area contributed by atoms with E-state index in [0.29, 0.717) is 11.3 Å². The van der Waals surface area contributed by atoms with Crippen molar-refractivity contribution in [2.75, 3.05) is 26.8 Å². The van der Waals surface area contributed by atoms with E-state index in [9.17, 15) is 0 Å². The molecule has 0 rings (SSSR count). The molecule has 0 saturated carbocycles. The van der Waals surface area contributed by atoms with Crippen LogP contribution in [0.3, 0.4) is 0 Å². The number of hydrogen-bond acceptors (Lipinski definition) is 2. The largest absolute Gasteiger partial charge is 0.385 e. The van der Waals surface area contributed by atoms with Crippen molar-refractivity contribution in [1.29, 1.82) is 0 Å². The molecule has 0 saturated heterocycles. The van der Waals surface area contributed by atoms with Gasteiger partial charge in [0.1, 0.15) is 0 Å². The van der Waals surface area contributed by atoms with Crippen LogP contribution in [0.2, 0.25) is 0 Å². The van der Waals surface area contributed by atoms with Crippen LogP contribution in [0, 0.1) is 11.3 Å². The highest BCUT2D eigenvalue weighted by atomic mass is 16.5. The van der Waals surface area contributed by atoms with Crippen LogP contribution in [0.5, 0.6) is 0 Å². The van der Waals surface area contributed by atoms with Gasteiger partial charge in [0.15, 0.2) is 0 Å². The minimum absolute atomic E-state index is 0.374. The molecule has 0 amide bonds. The van der Waals surface area contributed by atoms with E-state index < -0.39 is 0 Å². The number of ether oxygens (including phenoxy) is 1. The summed E-state index contributed by atoms with van der Waals surface area (Å²) < 4.78 is 5.15. The lowest BCUT2D eigenvalue weighted by Crippen LogP contribution is -2.33. The highest BCUT2D eigenvalue weighted by Gasteiger charge is 2.23. The van der Waals surface area contributed by atoms with E-state index in [1.165, 1.54) is 6.42 Å². The standard InChI is InChI=1S/C12H27NO/c1-6-8-13-10-11(7-9-14-5)12(2,3)4/h11,13H,6-10H2,1-5H3. The lowest BCUT2D eigenvalue weighted by atomic mass is 9.79. The zero-order valence-corrected chi connectivity index (χ0v) is 10.5. The Morgan fingerprint density at radius 3 is 2.36 bits per heavy atom. The highest BCUT2D eigenvalue weighted by Crippen LogP contribution is 2.27. The van der Waals surface area contributed by atoms with Gasteiger partial charge in [-0.05, 0) is 37.3 Å². The van der Waals surface area contributed by atoms with E-state index in [2.05, 4.69) is 33.0 Å². The fourth-order valence-electron chi connectivity index (χ4n) is 1.55. The quantitative estimate of drug-likeness (QED) is 0.639. The molecule has 86 valence electrons. The molecule has 0 aliphatic heterocycles. The summed E-state index contributed by atoms with van der Waals surface area (Å²) in [6, 6.07) is 0. The van der Waals surface area contributed by atoms with Gasteiger partial charge in [0.05, 0.1) is 0 Å². The molecule has 0 aromatic heterocycles. The second-order valence-electron chi connectivity index (χ2n) is 5.05. The Labute approximate surface area is 89.4 Å². The van der Waals surface area contributed by atoms with Crippen LogP contribution < -0.4 is 5.32 Å². The predicted molar refractivity (Wildman–Crippen MR) is 62.6 cm³/mol. The molecule has 0 aromatic rings. The summed E-state index contributed by atoms with van der Waals surface area (Å²) in [5, 5.41) is 3.50. The van der Waals surface area contributed by atoms with Gasteiger partial charge in [-0.15, -0.1) is 0 Å². The maximum atomic E-state index is 5.15. The molecule has 0 radical (unpaired) electrons. The smallest absolute Gasteiger partial charge is 0.0465 e. The molecule has 0 aliphatic rings. The van der Waals surface area contributed by atoms with Crippen LogP contribution in [0.1, 0.15) is 40.5 Å². The number of hydrogen-bond donors (Lipinski definition) is 1. The van der Waals surface area contributed by atoms with Crippen molar-refractivity contribution in [3.05, 3.63) is 0 Å². The normalized spacial score (nSPS) is 14.4. The molecule has 1 N–H and O–H groups in total. The highest BCUT2D eigenvalue weighted by molar-refractivity contribution is 4.75. The second-order valence-corrected chi connectivity index (χ2v) is 5.05. The Hall–Kier alpha value is -0.0800. The van der Waals surface area contributed by atoms with E-state index in [0.717, 1.165) is 26.1 Å². The van der Waals surface area contributed by atoms with Crippen molar-refractivity contribution >= 4 is 0 Å². The average molecular weight is 201 g/mol. The van der Waals surface area contributed by atoms with Gasteiger partial charge >= 0.3 is 0 Å². The lowest BCUT2D eigenvalue weighted by molar-refractivity contribution is 0.135. The van der Waals surface area contributed by atoms with Crippen LogP contribution in [0.4, 0.5) is 0 Å². The maximum absolute atomic E-state index is 5.15. The third kappa shape index (κ3) is 6.39. The first-order valence-corrected chi connectivity index (χ1v) is 5.72. The molecule has 2 nitrogen and oxygen atoms in total. The van der Waals surface area contributed by atoms with Crippen molar-refractivity contribution in [1.82, 2.24) is 5.32 Å². The fourth-order valence-corrected chi connectivity index (χ4v) is 1.55. The van der Waals surface area contributed by atoms with Gasteiger partial charge in [-0.25, -0.2) is 0 Å². The zero-order chi connectivity index (χ0) is 11.0. The fraction of sp³-hybridized carbons (Fsp3) is 1.00. The first kappa shape index (κ1) is 13.9. The van der Waals surface area contributed by atoms with Crippen LogP contribution in [-0.4, -0.2) is 26.8 Å². The van der Waals surface area contributed by atoms with Gasteiger partial charge in [-0.3, -0.25) is 0 Å². The molecule has 0 spiro atoms. The van der Waals surface area contributed by atoms with Crippen LogP contribution in [0.15, 0.2) is 0 Å². The second kappa shape index (κ2) is 7.24. The Morgan fingerprint density at radius 2 is 1.93 bits per heavy atom. The molecule has 0 aliphatic carbocycles. The maximum Gasteiger partial charge on any atom is 0.0465 e. The van der Waals surface area contributed by atoms with Gasteiger partial charge in [0.25, 0.3) is 0 Å². The van der Waals surface area contributed by atoms with E-state index in [1.54, 1.807) is 7.11 Å². The van der Waals surface area contributed by atoms with Crippen molar-refractivity contribution in [2.45, 2.75) is 40.5 Å². The van der Waals surface area contributed by atoms with Crippen molar-refractivity contribution in [3.8, 4) is 0 Å². The summed E-state index contributed by atoms with van der Waals surface area (Å²) in [6.45, 7) is 12.2. The van der Waals surface area contributed by atoms with Gasteiger partial charge in [-0.2, -0.15) is 0 Å². The number of nitrogens with one attached hydrogen (secondary N) is 1. The molecule has 14 heavy (non-hydrogen) atoms. The Bertz CT molecular complexity index is 129. The Kier molecular flexibility index (Phi) is 7.20. The SMILES string of the molecule is CCCNCC(CCOC)C(C)(C)C. The third-order valence-corrected chi connectivity index (χ3v) is 2.71. The Morgan fingerprint density at radius 1 is 1.29 bits per heavy atom. The molecular weight excluding hydrogens is 174 g/mol. The van der Waals surface area contributed by atoms with Crippen molar-refractivity contribution in [2.24, 2.45) is 11.3 Å². The summed E-state index contributed by atoms with van der Waals surface area (Å²) in [5.41, 5.74) is 0.374. The van der Waals surface area contributed by atoms with E-state index in [1.807, 2.05) is 0 Å². The minimum atomic E-state index is 0.374. The zero-order valence-electron chi connectivity index (χ0n) is 10.5. The van der Waals surface area contributed by atoms with Crippen molar-refractivity contribution < 1.29 is 4.74 Å². The van der Waals surface area contributed by atoms with Gasteiger partial charge < -0.3 is 10.1 Å². The summed E-state index contributed by atoms with van der Waals surface area (Å²) in [5.74, 6) is 0.703. The Balaban J connectivity index is 3.85. The molecule has 0 heterocycles. The molecule has 1 unspecified atom stereocenters. The van der Waals surface area contributed by atoms with Crippen LogP contribution >= 0.6 is 0 Å². The first-order valence-electron chi connectivity index (χ1n) is 5.72. The summed E-state index contributed by atoms with van der Waals surface area (Å²) >= 11 is 0. The van der Waals surface area contributed by atoms with Gasteiger partial charge in [0, 0.05) is 13.7 Å². The number of rotatable bonds is 7. The first-order chi connectivity index (χ1) is 6.52. The monoisotopic (exact) mass is 201 g/mol. The number of methoxy groups -OCH3 is 1. The predicted octanol–water partition coefficient (Wildman–Crippen LogP) is 2.68. The minimum Gasteiger partial charge on any atom is -0.385 e. The molecule has 0 fully saturated rings. The molecule has 2 heteroatoms. The topological polar surface area (TPSA) is 21.3 Å². The van der Waals surface area contributed by atoms with Gasteiger partial charge in [0.2, 0.25) is 0 Å². The van der Waals surface area contributed by atoms with E-state index >= 15 is 0 Å². The van der Waals surface area contributed by atoms with Crippen molar-refractivity contribution in [3.63, 3.8) is 0 Å². The molecule has 0 aromatic carbocycles.